The summed E-state index contributed by atoms with van der Waals surface area (Å²) < 4.78 is 13.6. The number of nitro benzene ring substituents is 1. The number of anilines is 1. The molecule has 2 N–H and O–H groups in total. The Bertz CT molecular complexity index is 859. The molecule has 0 bridgehead atoms. The van der Waals surface area contributed by atoms with E-state index in [2.05, 4.69) is 10.6 Å². The first kappa shape index (κ1) is 18.9. The monoisotopic (exact) mass is 372 g/mol. The molecule has 8 heteroatoms. The molecule has 1 saturated heterocycles. The highest BCUT2D eigenvalue weighted by Crippen LogP contribution is 2.24. The highest BCUT2D eigenvalue weighted by Gasteiger charge is 2.26. The number of halogens is 1. The first-order valence-corrected chi connectivity index (χ1v) is 8.69. The highest BCUT2D eigenvalue weighted by molar-refractivity contribution is 5.93. The van der Waals surface area contributed by atoms with Gasteiger partial charge in [-0.05, 0) is 30.2 Å². The maximum Gasteiger partial charge on any atom is 0.271 e. The molecular formula is C19H21FN4O3. The number of aryl methyl sites for hydroxylation is 1. The number of hydrogen-bond acceptors (Lipinski definition) is 5. The van der Waals surface area contributed by atoms with Crippen molar-refractivity contribution in [1.82, 2.24) is 10.2 Å². The van der Waals surface area contributed by atoms with E-state index in [4.69, 9.17) is 0 Å². The Morgan fingerprint density at radius 2 is 2.19 bits per heavy atom. The highest BCUT2D eigenvalue weighted by atomic mass is 19.1. The number of nitrogens with one attached hydrogen (secondary N) is 2. The van der Waals surface area contributed by atoms with Crippen LogP contribution in [0, 0.1) is 22.9 Å². The Labute approximate surface area is 156 Å². The summed E-state index contributed by atoms with van der Waals surface area (Å²) in [4.78, 5) is 25.0. The first-order valence-electron chi connectivity index (χ1n) is 8.69. The minimum atomic E-state index is -0.495. The van der Waals surface area contributed by atoms with Crippen LogP contribution in [-0.4, -0.2) is 41.9 Å². The lowest BCUT2D eigenvalue weighted by Crippen LogP contribution is -2.48. The zero-order chi connectivity index (χ0) is 19.4. The summed E-state index contributed by atoms with van der Waals surface area (Å²) in [6, 6.07) is 10.6. The zero-order valence-electron chi connectivity index (χ0n) is 14.9. The van der Waals surface area contributed by atoms with Gasteiger partial charge in [-0.1, -0.05) is 18.2 Å². The third kappa shape index (κ3) is 4.66. The largest absolute Gasteiger partial charge is 0.324 e. The second-order valence-electron chi connectivity index (χ2n) is 6.55. The molecule has 3 rings (SSSR count). The van der Waals surface area contributed by atoms with Crippen LogP contribution in [0.4, 0.5) is 15.8 Å². The van der Waals surface area contributed by atoms with Crippen LogP contribution in [0.1, 0.15) is 17.2 Å². The van der Waals surface area contributed by atoms with Crippen molar-refractivity contribution < 1.29 is 14.1 Å². The summed E-state index contributed by atoms with van der Waals surface area (Å²) in [5.74, 6) is -0.573. The van der Waals surface area contributed by atoms with Gasteiger partial charge in [0.1, 0.15) is 5.82 Å². The predicted molar refractivity (Wildman–Crippen MR) is 100 cm³/mol. The molecule has 142 valence electrons. The Morgan fingerprint density at radius 1 is 1.37 bits per heavy atom. The number of non-ortho nitro benzene ring substituents is 1. The number of hydrogen-bond donors (Lipinski definition) is 2. The number of rotatable bonds is 5. The van der Waals surface area contributed by atoms with Gasteiger partial charge in [-0.2, -0.15) is 0 Å². The molecular weight excluding hydrogens is 351 g/mol. The van der Waals surface area contributed by atoms with Gasteiger partial charge in [0.05, 0.1) is 17.2 Å². The fourth-order valence-electron chi connectivity index (χ4n) is 3.21. The fraction of sp³-hybridized carbons (Fsp3) is 0.316. The third-order valence-corrected chi connectivity index (χ3v) is 4.64. The molecule has 1 unspecified atom stereocenters. The summed E-state index contributed by atoms with van der Waals surface area (Å²) in [5.41, 5.74) is 1.90. The van der Waals surface area contributed by atoms with Crippen LogP contribution in [0.25, 0.3) is 0 Å². The van der Waals surface area contributed by atoms with E-state index >= 15 is 0 Å². The zero-order valence-corrected chi connectivity index (χ0v) is 14.9. The normalized spacial score (nSPS) is 17.5. The molecule has 2 aromatic rings. The average molecular weight is 372 g/mol. The van der Waals surface area contributed by atoms with Crippen molar-refractivity contribution in [3.63, 3.8) is 0 Å². The number of benzene rings is 2. The van der Waals surface area contributed by atoms with Crippen LogP contribution in [0.3, 0.4) is 0 Å². The molecule has 0 spiro atoms. The van der Waals surface area contributed by atoms with Crippen LogP contribution in [0.5, 0.6) is 0 Å². The van der Waals surface area contributed by atoms with Gasteiger partial charge in [-0.3, -0.25) is 19.8 Å². The van der Waals surface area contributed by atoms with E-state index in [1.54, 1.807) is 19.1 Å². The van der Waals surface area contributed by atoms with Crippen molar-refractivity contribution >= 4 is 17.3 Å². The van der Waals surface area contributed by atoms with E-state index in [1.807, 2.05) is 11.0 Å². The molecule has 7 nitrogen and oxygen atoms in total. The van der Waals surface area contributed by atoms with Gasteiger partial charge in [0.25, 0.3) is 5.69 Å². The Hall–Kier alpha value is -2.84. The van der Waals surface area contributed by atoms with E-state index in [9.17, 15) is 19.3 Å². The number of carbonyl (C=O) groups is 1. The van der Waals surface area contributed by atoms with E-state index in [0.717, 1.165) is 17.7 Å². The predicted octanol–water partition coefficient (Wildman–Crippen LogP) is 2.63. The molecule has 1 aliphatic heterocycles. The van der Waals surface area contributed by atoms with Gasteiger partial charge < -0.3 is 10.6 Å². The van der Waals surface area contributed by atoms with Crippen molar-refractivity contribution in [3.8, 4) is 0 Å². The smallest absolute Gasteiger partial charge is 0.271 e. The second-order valence-corrected chi connectivity index (χ2v) is 6.55. The standard InChI is InChI=1S/C19H21FN4O3/c1-13-5-6-16(24(26)27)10-17(13)22-19(25)12-23-8-7-21-11-18(23)14-3-2-4-15(20)9-14/h2-6,9-10,18,21H,7-8,11-12H2,1H3,(H,22,25). The van der Waals surface area contributed by atoms with Crippen molar-refractivity contribution in [2.75, 3.05) is 31.5 Å². The molecule has 1 fully saturated rings. The van der Waals surface area contributed by atoms with Crippen LogP contribution in [0.15, 0.2) is 42.5 Å². The van der Waals surface area contributed by atoms with E-state index in [-0.39, 0.29) is 30.0 Å². The van der Waals surface area contributed by atoms with E-state index < -0.39 is 4.92 Å². The van der Waals surface area contributed by atoms with Crippen molar-refractivity contribution in [1.29, 1.82) is 0 Å². The molecule has 0 aliphatic carbocycles. The van der Waals surface area contributed by atoms with Gasteiger partial charge in [-0.25, -0.2) is 4.39 Å². The average Bonchev–Trinajstić information content (AvgIpc) is 2.63. The summed E-state index contributed by atoms with van der Waals surface area (Å²) in [7, 11) is 0. The lowest BCUT2D eigenvalue weighted by Gasteiger charge is -2.36. The number of piperazine rings is 1. The summed E-state index contributed by atoms with van der Waals surface area (Å²) >= 11 is 0. The molecule has 27 heavy (non-hydrogen) atoms. The SMILES string of the molecule is Cc1ccc([N+](=O)[O-])cc1NC(=O)CN1CCNCC1c1cccc(F)c1. The van der Waals surface area contributed by atoms with Crippen LogP contribution in [0.2, 0.25) is 0 Å². The number of amides is 1. The van der Waals surface area contributed by atoms with Gasteiger partial charge in [0.2, 0.25) is 5.91 Å². The molecule has 1 heterocycles. The summed E-state index contributed by atoms with van der Waals surface area (Å²) in [6.45, 7) is 3.88. The first-order chi connectivity index (χ1) is 12.9. The Kier molecular flexibility index (Phi) is 5.78. The van der Waals surface area contributed by atoms with Crippen LogP contribution < -0.4 is 10.6 Å². The summed E-state index contributed by atoms with van der Waals surface area (Å²) in [5, 5.41) is 17.0. The van der Waals surface area contributed by atoms with Gasteiger partial charge in [-0.15, -0.1) is 0 Å². The van der Waals surface area contributed by atoms with Gasteiger partial charge in [0.15, 0.2) is 0 Å². The molecule has 1 aliphatic rings. The fourth-order valence-corrected chi connectivity index (χ4v) is 3.21. The number of carbonyl (C=O) groups excluding carboxylic acids is 1. The topological polar surface area (TPSA) is 87.5 Å². The van der Waals surface area contributed by atoms with E-state index in [0.29, 0.717) is 18.8 Å². The number of nitrogens with zero attached hydrogens (tertiary/aromatic N) is 2. The van der Waals surface area contributed by atoms with Gasteiger partial charge in [0, 0.05) is 37.8 Å². The second kappa shape index (κ2) is 8.24. The quantitative estimate of drug-likeness (QED) is 0.622. The molecule has 2 aromatic carbocycles. The maximum absolute atomic E-state index is 13.6. The maximum atomic E-state index is 13.6. The Morgan fingerprint density at radius 3 is 2.93 bits per heavy atom. The Balaban J connectivity index is 1.72. The van der Waals surface area contributed by atoms with Crippen LogP contribution >= 0.6 is 0 Å². The third-order valence-electron chi connectivity index (χ3n) is 4.64. The lowest BCUT2D eigenvalue weighted by molar-refractivity contribution is -0.384. The van der Waals surface area contributed by atoms with Crippen molar-refractivity contribution in [2.45, 2.75) is 13.0 Å². The molecule has 1 atom stereocenters. The number of nitro groups is 1. The van der Waals surface area contributed by atoms with Crippen molar-refractivity contribution in [3.05, 3.63) is 69.5 Å². The molecule has 0 radical (unpaired) electrons. The molecule has 0 aromatic heterocycles. The van der Waals surface area contributed by atoms with Crippen molar-refractivity contribution in [2.24, 2.45) is 0 Å². The summed E-state index contributed by atoms with van der Waals surface area (Å²) in [6.07, 6.45) is 0. The van der Waals surface area contributed by atoms with Crippen LogP contribution in [-0.2, 0) is 4.79 Å². The molecule has 1 amide bonds. The molecule has 0 saturated carbocycles. The minimum Gasteiger partial charge on any atom is -0.324 e. The van der Waals surface area contributed by atoms with Gasteiger partial charge >= 0.3 is 0 Å². The minimum absolute atomic E-state index is 0.0734. The lowest BCUT2D eigenvalue weighted by atomic mass is 10.0. The van der Waals surface area contributed by atoms with E-state index in [1.165, 1.54) is 24.3 Å².